The maximum absolute atomic E-state index is 12.4. The number of hydrogen-bond acceptors (Lipinski definition) is 3. The second kappa shape index (κ2) is 5.71. The highest BCUT2D eigenvalue weighted by Gasteiger charge is 2.19. The molecule has 1 aromatic carbocycles. The lowest BCUT2D eigenvalue weighted by molar-refractivity contribution is 0.600. The van der Waals surface area contributed by atoms with Gasteiger partial charge in [0.15, 0.2) is 0 Å². The molecule has 0 spiro atoms. The van der Waals surface area contributed by atoms with E-state index in [0.29, 0.717) is 26.6 Å². The summed E-state index contributed by atoms with van der Waals surface area (Å²) in [5.41, 5.74) is 1.54. The number of halogens is 2. The van der Waals surface area contributed by atoms with Gasteiger partial charge in [0.05, 0.1) is 16.3 Å². The Bertz CT molecular complexity index is 763. The number of hydrogen-bond donors (Lipinski definition) is 1. The summed E-state index contributed by atoms with van der Waals surface area (Å²) in [5, 5.41) is 0.415. The van der Waals surface area contributed by atoms with Crippen LogP contribution in [0.5, 0.6) is 0 Å². The first-order valence-electron chi connectivity index (χ1n) is 5.72. The van der Waals surface area contributed by atoms with Crippen LogP contribution >= 0.6 is 27.5 Å². The largest absolute Gasteiger partial charge is 0.278 e. The first-order chi connectivity index (χ1) is 9.31. The summed E-state index contributed by atoms with van der Waals surface area (Å²) in [6.45, 7) is 3.40. The van der Waals surface area contributed by atoms with Crippen molar-refractivity contribution in [3.8, 4) is 0 Å². The minimum absolute atomic E-state index is 0.160. The zero-order chi connectivity index (χ0) is 14.9. The summed E-state index contributed by atoms with van der Waals surface area (Å²) >= 11 is 9.20. The first-order valence-corrected chi connectivity index (χ1v) is 8.38. The molecule has 1 N–H and O–H groups in total. The highest BCUT2D eigenvalue weighted by atomic mass is 79.9. The molecule has 0 bridgehead atoms. The zero-order valence-electron chi connectivity index (χ0n) is 10.8. The minimum Gasteiger partial charge on any atom is -0.278 e. The number of aromatic nitrogens is 1. The first kappa shape index (κ1) is 15.3. The highest BCUT2D eigenvalue weighted by molar-refractivity contribution is 9.10. The molecule has 0 unspecified atom stereocenters. The van der Waals surface area contributed by atoms with Crippen LogP contribution in [0.25, 0.3) is 0 Å². The summed E-state index contributed by atoms with van der Waals surface area (Å²) in [7, 11) is -3.69. The Morgan fingerprint density at radius 1 is 1.20 bits per heavy atom. The van der Waals surface area contributed by atoms with Crippen LogP contribution in [-0.2, 0) is 10.0 Å². The van der Waals surface area contributed by atoms with E-state index in [1.54, 1.807) is 38.1 Å². The topological polar surface area (TPSA) is 59.1 Å². The SMILES string of the molecule is Cc1nc(Br)ccc1NS(=O)(=O)c1cccc(Cl)c1C. The minimum atomic E-state index is -3.69. The number of aryl methyl sites for hydroxylation is 1. The summed E-state index contributed by atoms with van der Waals surface area (Å²) in [5.74, 6) is 0. The van der Waals surface area contributed by atoms with Crippen LogP contribution in [0.1, 0.15) is 11.3 Å². The van der Waals surface area contributed by atoms with Crippen molar-refractivity contribution in [3.63, 3.8) is 0 Å². The van der Waals surface area contributed by atoms with Gasteiger partial charge >= 0.3 is 0 Å². The van der Waals surface area contributed by atoms with Gasteiger partial charge < -0.3 is 0 Å². The molecule has 0 atom stereocenters. The number of anilines is 1. The van der Waals surface area contributed by atoms with Crippen LogP contribution in [0.15, 0.2) is 39.8 Å². The van der Waals surface area contributed by atoms with Gasteiger partial charge in [0.25, 0.3) is 10.0 Å². The van der Waals surface area contributed by atoms with Crippen molar-refractivity contribution in [1.82, 2.24) is 4.98 Å². The van der Waals surface area contributed by atoms with E-state index in [1.807, 2.05) is 0 Å². The van der Waals surface area contributed by atoms with Crippen molar-refractivity contribution in [2.24, 2.45) is 0 Å². The predicted molar refractivity (Wildman–Crippen MR) is 83.7 cm³/mol. The van der Waals surface area contributed by atoms with Gasteiger partial charge in [0, 0.05) is 5.02 Å². The highest BCUT2D eigenvalue weighted by Crippen LogP contribution is 2.26. The van der Waals surface area contributed by atoms with Crippen LogP contribution in [0.2, 0.25) is 5.02 Å². The summed E-state index contributed by atoms with van der Waals surface area (Å²) in [6, 6.07) is 8.11. The van der Waals surface area contributed by atoms with Gasteiger partial charge in [-0.25, -0.2) is 13.4 Å². The van der Waals surface area contributed by atoms with Crippen LogP contribution in [-0.4, -0.2) is 13.4 Å². The van der Waals surface area contributed by atoms with Crippen molar-refractivity contribution in [2.45, 2.75) is 18.7 Å². The Morgan fingerprint density at radius 3 is 2.55 bits per heavy atom. The average Bonchev–Trinajstić information content (AvgIpc) is 2.36. The summed E-state index contributed by atoms with van der Waals surface area (Å²) in [6.07, 6.45) is 0. The summed E-state index contributed by atoms with van der Waals surface area (Å²) < 4.78 is 28.0. The third kappa shape index (κ3) is 3.13. The fraction of sp³-hybridized carbons (Fsp3) is 0.154. The number of pyridine rings is 1. The molecule has 0 amide bonds. The van der Waals surface area contributed by atoms with Crippen molar-refractivity contribution < 1.29 is 8.42 Å². The van der Waals surface area contributed by atoms with E-state index in [9.17, 15) is 8.42 Å². The number of rotatable bonds is 3. The van der Waals surface area contributed by atoms with Crippen molar-refractivity contribution in [1.29, 1.82) is 0 Å². The van der Waals surface area contributed by atoms with Crippen LogP contribution in [0.3, 0.4) is 0 Å². The molecule has 0 fully saturated rings. The van der Waals surface area contributed by atoms with Gasteiger partial charge in [0.1, 0.15) is 4.60 Å². The number of sulfonamides is 1. The molecular weight excluding hydrogens is 364 g/mol. The molecule has 7 heteroatoms. The van der Waals surface area contributed by atoms with E-state index in [4.69, 9.17) is 11.6 Å². The molecule has 0 saturated heterocycles. The Kier molecular flexibility index (Phi) is 4.36. The molecule has 0 aliphatic heterocycles. The molecule has 20 heavy (non-hydrogen) atoms. The second-order valence-corrected chi connectivity index (χ2v) is 7.11. The molecule has 0 radical (unpaired) electrons. The maximum Gasteiger partial charge on any atom is 0.262 e. The Balaban J connectivity index is 2.44. The molecule has 2 aromatic rings. The molecule has 1 aromatic heterocycles. The lowest BCUT2D eigenvalue weighted by Crippen LogP contribution is -2.15. The fourth-order valence-electron chi connectivity index (χ4n) is 1.72. The molecule has 2 rings (SSSR count). The predicted octanol–water partition coefficient (Wildman–Crippen LogP) is 3.92. The van der Waals surface area contributed by atoms with Crippen LogP contribution < -0.4 is 4.72 Å². The lowest BCUT2D eigenvalue weighted by Gasteiger charge is -2.12. The zero-order valence-corrected chi connectivity index (χ0v) is 14.0. The fourth-order valence-corrected chi connectivity index (χ4v) is 3.73. The van der Waals surface area contributed by atoms with Gasteiger partial charge in [-0.3, -0.25) is 4.72 Å². The Morgan fingerprint density at radius 2 is 1.90 bits per heavy atom. The van der Waals surface area contributed by atoms with Gasteiger partial charge in [0.2, 0.25) is 0 Å². The standard InChI is InChI=1S/C13H12BrClN2O2S/c1-8-10(15)4-3-5-12(8)20(18,19)17-11-6-7-13(14)16-9(11)2/h3-7,17H,1-2H3. The normalized spacial score (nSPS) is 11.4. The monoisotopic (exact) mass is 374 g/mol. The average molecular weight is 376 g/mol. The van der Waals surface area contributed by atoms with Gasteiger partial charge in [-0.2, -0.15) is 0 Å². The van der Waals surface area contributed by atoms with Crippen molar-refractivity contribution >= 4 is 43.2 Å². The van der Waals surface area contributed by atoms with E-state index >= 15 is 0 Å². The van der Waals surface area contributed by atoms with Gasteiger partial charge in [-0.05, 0) is 59.6 Å². The molecular formula is C13H12BrClN2O2S. The molecule has 1 heterocycles. The van der Waals surface area contributed by atoms with E-state index in [-0.39, 0.29) is 4.90 Å². The van der Waals surface area contributed by atoms with Crippen molar-refractivity contribution in [3.05, 3.63) is 51.2 Å². The molecule has 4 nitrogen and oxygen atoms in total. The van der Waals surface area contributed by atoms with E-state index < -0.39 is 10.0 Å². The van der Waals surface area contributed by atoms with E-state index in [2.05, 4.69) is 25.6 Å². The Labute approximate surface area is 131 Å². The molecule has 0 aliphatic carbocycles. The smallest absolute Gasteiger partial charge is 0.262 e. The second-order valence-electron chi connectivity index (χ2n) is 4.24. The van der Waals surface area contributed by atoms with Crippen LogP contribution in [0.4, 0.5) is 5.69 Å². The maximum atomic E-state index is 12.4. The number of nitrogens with zero attached hydrogens (tertiary/aromatic N) is 1. The number of nitrogens with one attached hydrogen (secondary N) is 1. The Hall–Kier alpha value is -1.11. The van der Waals surface area contributed by atoms with E-state index in [0.717, 1.165) is 0 Å². The molecule has 0 aliphatic rings. The lowest BCUT2D eigenvalue weighted by atomic mass is 10.2. The quantitative estimate of drug-likeness (QED) is 0.827. The number of benzene rings is 1. The summed E-state index contributed by atoms with van der Waals surface area (Å²) in [4.78, 5) is 4.31. The third-order valence-corrected chi connectivity index (χ3v) is 5.16. The third-order valence-electron chi connectivity index (χ3n) is 2.80. The molecule has 0 saturated carbocycles. The van der Waals surface area contributed by atoms with Crippen LogP contribution in [0, 0.1) is 13.8 Å². The van der Waals surface area contributed by atoms with E-state index in [1.165, 1.54) is 6.07 Å². The van der Waals surface area contributed by atoms with Crippen molar-refractivity contribution in [2.75, 3.05) is 4.72 Å². The van der Waals surface area contributed by atoms with Gasteiger partial charge in [-0.15, -0.1) is 0 Å². The van der Waals surface area contributed by atoms with Gasteiger partial charge in [-0.1, -0.05) is 17.7 Å². The molecule has 106 valence electrons.